The Morgan fingerprint density at radius 2 is 1.59 bits per heavy atom. The van der Waals surface area contributed by atoms with Crippen molar-refractivity contribution < 1.29 is 36.0 Å². The zero-order valence-corrected chi connectivity index (χ0v) is 26.7. The summed E-state index contributed by atoms with van der Waals surface area (Å²) in [6, 6.07) is 16.2. The molecule has 4 rings (SSSR count). The molecule has 0 radical (unpaired) electrons. The Bertz CT molecular complexity index is 1820. The third-order valence-corrected chi connectivity index (χ3v) is 9.76. The summed E-state index contributed by atoms with van der Waals surface area (Å²) < 4.78 is 60.2. The first-order valence-electron chi connectivity index (χ1n) is 14.1. The van der Waals surface area contributed by atoms with Gasteiger partial charge >= 0.3 is 6.03 Å². The molecule has 1 aliphatic rings. The molecule has 3 aromatic rings. The zero-order valence-electron chi connectivity index (χ0n) is 25.0. The predicted octanol–water partition coefficient (Wildman–Crippen LogP) is 1.87. The van der Waals surface area contributed by atoms with E-state index in [1.807, 2.05) is 4.72 Å². The number of carbonyl (C=O) groups is 3. The molecule has 244 valence electrons. The van der Waals surface area contributed by atoms with E-state index in [0.29, 0.717) is 18.4 Å². The number of benzene rings is 3. The number of amides is 4. The molecule has 0 aromatic heterocycles. The van der Waals surface area contributed by atoms with E-state index in [1.54, 1.807) is 49.4 Å². The summed E-state index contributed by atoms with van der Waals surface area (Å²) in [5, 5.41) is 5.18. The number of ether oxygens (including phenoxy) is 1. The van der Waals surface area contributed by atoms with Gasteiger partial charge in [-0.2, -0.15) is 8.42 Å². The summed E-state index contributed by atoms with van der Waals surface area (Å²) in [6.45, 7) is 2.02. The van der Waals surface area contributed by atoms with Gasteiger partial charge in [-0.15, -0.1) is 4.40 Å². The fraction of sp³-hybridized carbons (Fsp3) is 0.267. The molecule has 1 aliphatic heterocycles. The Morgan fingerprint density at radius 1 is 0.957 bits per heavy atom. The number of methoxy groups -OCH3 is 1. The van der Waals surface area contributed by atoms with Crippen LogP contribution in [0.2, 0.25) is 0 Å². The zero-order chi connectivity index (χ0) is 33.5. The van der Waals surface area contributed by atoms with E-state index in [-0.39, 0.29) is 28.4 Å². The second-order valence-electron chi connectivity index (χ2n) is 10.4. The molecule has 0 bridgehead atoms. The third kappa shape index (κ3) is 8.60. The van der Waals surface area contributed by atoms with Crippen LogP contribution in [0.25, 0.3) is 0 Å². The average molecular weight is 671 g/mol. The topological polar surface area (TPSA) is 206 Å². The molecule has 14 nitrogen and oxygen atoms in total. The van der Waals surface area contributed by atoms with Gasteiger partial charge in [0.15, 0.2) is 0 Å². The van der Waals surface area contributed by atoms with E-state index in [1.165, 1.54) is 48.4 Å². The van der Waals surface area contributed by atoms with Gasteiger partial charge in [-0.05, 0) is 61.7 Å². The second kappa shape index (κ2) is 14.4. The van der Waals surface area contributed by atoms with Crippen molar-refractivity contribution in [3.63, 3.8) is 0 Å². The smallest absolute Gasteiger partial charge is 0.329 e. The van der Waals surface area contributed by atoms with Gasteiger partial charge in [-0.1, -0.05) is 48.0 Å². The van der Waals surface area contributed by atoms with E-state index >= 15 is 0 Å². The number of nitrogens with two attached hydrogens (primary N) is 1. The third-order valence-electron chi connectivity index (χ3n) is 7.12. The van der Waals surface area contributed by atoms with Crippen LogP contribution >= 0.6 is 0 Å². The van der Waals surface area contributed by atoms with E-state index in [0.717, 1.165) is 5.56 Å². The first kappa shape index (κ1) is 33.9. The van der Waals surface area contributed by atoms with E-state index < -0.39 is 56.0 Å². The van der Waals surface area contributed by atoms with Crippen LogP contribution in [-0.4, -0.2) is 71.3 Å². The van der Waals surface area contributed by atoms with Crippen molar-refractivity contribution in [2.45, 2.75) is 48.1 Å². The molecule has 5 N–H and O–H groups in total. The van der Waals surface area contributed by atoms with Gasteiger partial charge in [0.2, 0.25) is 11.8 Å². The van der Waals surface area contributed by atoms with Crippen molar-refractivity contribution in [3.05, 3.63) is 90.0 Å². The average Bonchev–Trinajstić information content (AvgIpc) is 3.51. The van der Waals surface area contributed by atoms with E-state index in [2.05, 4.69) is 19.8 Å². The van der Waals surface area contributed by atoms with Crippen LogP contribution in [0.15, 0.2) is 93.1 Å². The number of hydrogen-bond donors (Lipinski definition) is 4. The van der Waals surface area contributed by atoms with Crippen LogP contribution in [0, 0.1) is 6.92 Å². The fourth-order valence-electron chi connectivity index (χ4n) is 4.78. The monoisotopic (exact) mass is 670 g/mol. The van der Waals surface area contributed by atoms with Crippen LogP contribution in [0.3, 0.4) is 0 Å². The fourth-order valence-corrected chi connectivity index (χ4v) is 6.60. The molecule has 3 aromatic carbocycles. The molecule has 2 atom stereocenters. The minimum Gasteiger partial charge on any atom is -0.468 e. The van der Waals surface area contributed by atoms with Crippen molar-refractivity contribution in [2.24, 2.45) is 10.1 Å². The molecular formula is C30H34N6O8S2. The highest BCUT2D eigenvalue weighted by molar-refractivity contribution is 7.90. The first-order valence-corrected chi connectivity index (χ1v) is 17.0. The highest BCUT2D eigenvalue weighted by Gasteiger charge is 2.38. The summed E-state index contributed by atoms with van der Waals surface area (Å²) in [5.41, 5.74) is 7.16. The highest BCUT2D eigenvalue weighted by Crippen LogP contribution is 2.23. The van der Waals surface area contributed by atoms with Gasteiger partial charge in [0, 0.05) is 18.7 Å². The van der Waals surface area contributed by atoms with Gasteiger partial charge in [-0.3, -0.25) is 9.59 Å². The number of nitrogens with zero attached hydrogens (tertiary/aromatic N) is 2. The molecule has 1 fully saturated rings. The predicted molar refractivity (Wildman–Crippen MR) is 170 cm³/mol. The lowest BCUT2D eigenvalue weighted by Gasteiger charge is -2.29. The molecule has 0 aliphatic carbocycles. The minimum atomic E-state index is -4.23. The van der Waals surface area contributed by atoms with Crippen molar-refractivity contribution >= 4 is 49.6 Å². The molecule has 0 unspecified atom stereocenters. The molecule has 4 amide bonds. The first-order chi connectivity index (χ1) is 21.8. The van der Waals surface area contributed by atoms with E-state index in [4.69, 9.17) is 5.73 Å². The van der Waals surface area contributed by atoms with Crippen LogP contribution in [0.1, 0.15) is 24.0 Å². The molecular weight excluding hydrogens is 636 g/mol. The highest BCUT2D eigenvalue weighted by atomic mass is 32.2. The largest absolute Gasteiger partial charge is 0.468 e. The molecule has 0 spiro atoms. The Morgan fingerprint density at radius 3 is 2.22 bits per heavy atom. The van der Waals surface area contributed by atoms with Gasteiger partial charge in [0.1, 0.15) is 12.1 Å². The number of anilines is 1. The van der Waals surface area contributed by atoms with E-state index in [9.17, 15) is 31.2 Å². The molecule has 1 saturated heterocycles. The van der Waals surface area contributed by atoms with Crippen LogP contribution in [-0.2, 0) is 40.8 Å². The van der Waals surface area contributed by atoms with Gasteiger partial charge in [0.25, 0.3) is 26.1 Å². The number of rotatable bonds is 10. The lowest BCUT2D eigenvalue weighted by Crippen LogP contribution is -2.55. The SMILES string of the molecule is CO/C(N)=N\S(=O)(=O)c1ccc(NC(=O)[C@@H]2CCCN2C(=O)[C@@H](Cc2ccccc2)NC(=O)NS(=O)(=O)c2ccc(C)cc2)cc1. The summed E-state index contributed by atoms with van der Waals surface area (Å²) in [7, 11) is -7.18. The number of sulfonamides is 2. The number of urea groups is 1. The lowest BCUT2D eigenvalue weighted by molar-refractivity contribution is -0.138. The molecule has 16 heteroatoms. The number of hydrogen-bond acceptors (Lipinski definition) is 8. The summed E-state index contributed by atoms with van der Waals surface area (Å²) in [5.74, 6) is -1.09. The lowest BCUT2D eigenvalue weighted by atomic mass is 10.0. The van der Waals surface area contributed by atoms with Gasteiger partial charge in [0.05, 0.1) is 16.9 Å². The number of amidine groups is 1. The number of carbonyl (C=O) groups excluding carboxylic acids is 3. The Labute approximate surface area is 267 Å². The maximum absolute atomic E-state index is 13.8. The number of nitrogens with one attached hydrogen (secondary N) is 3. The van der Waals surface area contributed by atoms with Crippen molar-refractivity contribution in [1.82, 2.24) is 14.9 Å². The number of aryl methyl sites for hydroxylation is 1. The van der Waals surface area contributed by atoms with Crippen molar-refractivity contribution in [1.29, 1.82) is 0 Å². The van der Waals surface area contributed by atoms with Crippen molar-refractivity contribution in [2.75, 3.05) is 19.0 Å². The van der Waals surface area contributed by atoms with Crippen molar-refractivity contribution in [3.8, 4) is 0 Å². The maximum Gasteiger partial charge on any atom is 0.329 e. The van der Waals surface area contributed by atoms with Gasteiger partial charge < -0.3 is 26.0 Å². The van der Waals surface area contributed by atoms with Crippen LogP contribution in [0.4, 0.5) is 10.5 Å². The maximum atomic E-state index is 13.8. The Hall–Kier alpha value is -4.96. The Balaban J connectivity index is 1.49. The summed E-state index contributed by atoms with van der Waals surface area (Å²) in [6.07, 6.45) is 0.877. The summed E-state index contributed by atoms with van der Waals surface area (Å²) >= 11 is 0. The molecule has 1 heterocycles. The molecule has 0 saturated carbocycles. The molecule has 46 heavy (non-hydrogen) atoms. The van der Waals surface area contributed by atoms with Crippen LogP contribution in [0.5, 0.6) is 0 Å². The minimum absolute atomic E-state index is 0.0362. The normalized spacial score (nSPS) is 15.9. The van der Waals surface area contributed by atoms with Crippen LogP contribution < -0.4 is 21.1 Å². The quantitative estimate of drug-likeness (QED) is 0.183. The number of likely N-dealkylation sites (tertiary alicyclic amines) is 1. The second-order valence-corrected chi connectivity index (χ2v) is 13.7. The van der Waals surface area contributed by atoms with Gasteiger partial charge in [-0.25, -0.2) is 17.9 Å². The summed E-state index contributed by atoms with van der Waals surface area (Å²) in [4.78, 5) is 41.1. The Kier molecular flexibility index (Phi) is 10.6. The standard InChI is InChI=1S/C30H34N6O8S2/c1-20-10-14-23(15-11-20)46(42,43)35-30(39)33-25(19-21-7-4-3-5-8-21)28(38)36-18-6-9-26(36)27(37)32-22-12-16-24(17-13-22)45(40,41)34-29(31)44-2/h3-5,7-8,10-17,25-26H,6,9,18-19H2,1-2H3,(H2,31,34)(H,32,37)(H2,33,35,39)/t25-,26+/m1/s1.